The largest absolute Gasteiger partial charge is 0.371 e. The van der Waals surface area contributed by atoms with E-state index in [9.17, 15) is 0 Å². The number of hydrogen-bond donors (Lipinski definition) is 1. The predicted octanol–water partition coefficient (Wildman–Crippen LogP) is 2.61. The number of amidine groups is 1. The Kier molecular flexibility index (Phi) is 6.36. The molecule has 0 aromatic rings. The lowest BCUT2D eigenvalue weighted by atomic mass is 10.0. The van der Waals surface area contributed by atoms with Gasteiger partial charge in [0.25, 0.3) is 0 Å². The van der Waals surface area contributed by atoms with Crippen molar-refractivity contribution in [3.8, 4) is 0 Å². The van der Waals surface area contributed by atoms with Crippen LogP contribution in [-0.4, -0.2) is 42.6 Å². The Labute approximate surface area is 115 Å². The normalized spacial score (nSPS) is 20.3. The lowest BCUT2D eigenvalue weighted by molar-refractivity contribution is 0.167. The summed E-state index contributed by atoms with van der Waals surface area (Å²) in [5, 5.41) is 3.76. The van der Waals surface area contributed by atoms with E-state index < -0.39 is 0 Å². The topological polar surface area (TPSA) is 40.0 Å². The van der Waals surface area contributed by atoms with Gasteiger partial charge in [-0.1, -0.05) is 11.6 Å². The van der Waals surface area contributed by atoms with Gasteiger partial charge in [0.05, 0.1) is 6.20 Å². The van der Waals surface area contributed by atoms with Crippen molar-refractivity contribution in [2.75, 3.05) is 13.1 Å². The van der Waals surface area contributed by atoms with E-state index in [4.69, 9.17) is 11.6 Å². The van der Waals surface area contributed by atoms with Gasteiger partial charge in [0.15, 0.2) is 0 Å². The SMILES string of the molecule is C=N/C=C(Cl)\N=C(/C)NC1CCN(C(C)C)CC1. The summed E-state index contributed by atoms with van der Waals surface area (Å²) in [5.74, 6) is 0.836. The summed E-state index contributed by atoms with van der Waals surface area (Å²) in [6.07, 6.45) is 3.73. The number of hydrogen-bond acceptors (Lipinski definition) is 3. The van der Waals surface area contributed by atoms with Crippen LogP contribution in [0, 0.1) is 0 Å². The van der Waals surface area contributed by atoms with Crippen molar-refractivity contribution in [3.63, 3.8) is 0 Å². The second kappa shape index (κ2) is 7.54. The zero-order valence-electron chi connectivity index (χ0n) is 11.5. The fourth-order valence-electron chi connectivity index (χ4n) is 2.15. The highest BCUT2D eigenvalue weighted by Crippen LogP contribution is 2.13. The fourth-order valence-corrected chi connectivity index (χ4v) is 2.35. The summed E-state index contributed by atoms with van der Waals surface area (Å²) in [5.41, 5.74) is 0. The molecule has 5 heteroatoms. The molecule has 1 saturated heterocycles. The molecule has 102 valence electrons. The lowest BCUT2D eigenvalue weighted by Gasteiger charge is -2.35. The fraction of sp³-hybridized carbons (Fsp3) is 0.692. The second-order valence-electron chi connectivity index (χ2n) is 4.88. The summed E-state index contributed by atoms with van der Waals surface area (Å²) in [6.45, 7) is 12.0. The molecule has 1 fully saturated rings. The first-order valence-corrected chi connectivity index (χ1v) is 6.78. The van der Waals surface area contributed by atoms with Gasteiger partial charge in [-0.05, 0) is 40.3 Å². The number of aliphatic imine (C=N–C) groups is 2. The first-order chi connectivity index (χ1) is 8.52. The first kappa shape index (κ1) is 15.2. The molecule has 0 aromatic carbocycles. The van der Waals surface area contributed by atoms with Gasteiger partial charge in [-0.15, -0.1) is 0 Å². The minimum absolute atomic E-state index is 0.356. The Morgan fingerprint density at radius 3 is 2.56 bits per heavy atom. The number of nitrogens with zero attached hydrogens (tertiary/aromatic N) is 3. The Hall–Kier alpha value is -0.870. The molecule has 1 N–H and O–H groups in total. The van der Waals surface area contributed by atoms with Gasteiger partial charge in [0, 0.05) is 25.2 Å². The Balaban J connectivity index is 2.41. The van der Waals surface area contributed by atoms with Crippen LogP contribution in [0.5, 0.6) is 0 Å². The summed E-state index contributed by atoms with van der Waals surface area (Å²) in [7, 11) is 0. The van der Waals surface area contributed by atoms with E-state index in [0.717, 1.165) is 31.8 Å². The van der Waals surface area contributed by atoms with Gasteiger partial charge in [-0.25, -0.2) is 4.99 Å². The van der Waals surface area contributed by atoms with Gasteiger partial charge < -0.3 is 10.2 Å². The molecule has 1 aliphatic rings. The molecular weight excluding hydrogens is 248 g/mol. The number of rotatable bonds is 4. The zero-order valence-corrected chi connectivity index (χ0v) is 12.2. The van der Waals surface area contributed by atoms with Gasteiger partial charge in [-0.3, -0.25) is 4.99 Å². The van der Waals surface area contributed by atoms with Crippen LogP contribution in [0.15, 0.2) is 21.3 Å². The number of piperidine rings is 1. The lowest BCUT2D eigenvalue weighted by Crippen LogP contribution is -2.46. The molecular formula is C13H23ClN4. The molecule has 0 amide bonds. The molecule has 1 rings (SSSR count). The van der Waals surface area contributed by atoms with Crippen molar-refractivity contribution < 1.29 is 0 Å². The highest BCUT2D eigenvalue weighted by molar-refractivity contribution is 6.30. The smallest absolute Gasteiger partial charge is 0.149 e. The molecule has 18 heavy (non-hydrogen) atoms. The third kappa shape index (κ3) is 5.19. The first-order valence-electron chi connectivity index (χ1n) is 6.40. The molecule has 4 nitrogen and oxygen atoms in total. The average molecular weight is 271 g/mol. The Morgan fingerprint density at radius 1 is 1.44 bits per heavy atom. The number of halogens is 1. The van der Waals surface area contributed by atoms with E-state index in [0.29, 0.717) is 17.2 Å². The number of likely N-dealkylation sites (tertiary alicyclic amines) is 1. The molecule has 1 aliphatic heterocycles. The van der Waals surface area contributed by atoms with E-state index in [1.165, 1.54) is 6.20 Å². The molecule has 0 spiro atoms. The number of nitrogens with one attached hydrogen (secondary N) is 1. The summed E-state index contributed by atoms with van der Waals surface area (Å²) >= 11 is 5.85. The molecule has 0 saturated carbocycles. The van der Waals surface area contributed by atoms with Crippen molar-refractivity contribution in [2.24, 2.45) is 9.98 Å². The molecule has 0 radical (unpaired) electrons. The third-order valence-corrected chi connectivity index (χ3v) is 3.33. The highest BCUT2D eigenvalue weighted by atomic mass is 35.5. The quantitative estimate of drug-likeness (QED) is 0.485. The van der Waals surface area contributed by atoms with Crippen LogP contribution in [0.2, 0.25) is 0 Å². The van der Waals surface area contributed by atoms with E-state index in [-0.39, 0.29) is 0 Å². The minimum atomic E-state index is 0.356. The van der Waals surface area contributed by atoms with E-state index in [1.54, 1.807) is 0 Å². The van der Waals surface area contributed by atoms with Crippen molar-refractivity contribution in [1.29, 1.82) is 0 Å². The van der Waals surface area contributed by atoms with Gasteiger partial charge in [-0.2, -0.15) is 0 Å². The molecule has 0 aromatic heterocycles. The zero-order chi connectivity index (χ0) is 13.5. The maximum absolute atomic E-state index is 5.85. The van der Waals surface area contributed by atoms with Crippen LogP contribution in [0.4, 0.5) is 0 Å². The molecule has 0 unspecified atom stereocenters. The summed E-state index contributed by atoms with van der Waals surface area (Å²) in [4.78, 5) is 10.3. The van der Waals surface area contributed by atoms with Crippen molar-refractivity contribution in [3.05, 3.63) is 11.4 Å². The maximum atomic E-state index is 5.85. The van der Waals surface area contributed by atoms with Crippen LogP contribution in [0.1, 0.15) is 33.6 Å². The maximum Gasteiger partial charge on any atom is 0.149 e. The third-order valence-electron chi connectivity index (χ3n) is 3.15. The van der Waals surface area contributed by atoms with Crippen LogP contribution in [0.3, 0.4) is 0 Å². The van der Waals surface area contributed by atoms with Gasteiger partial charge >= 0.3 is 0 Å². The monoisotopic (exact) mass is 270 g/mol. The Bertz CT molecular complexity index is 328. The van der Waals surface area contributed by atoms with Crippen LogP contribution < -0.4 is 5.32 Å². The van der Waals surface area contributed by atoms with Crippen molar-refractivity contribution in [1.82, 2.24) is 10.2 Å². The van der Waals surface area contributed by atoms with Crippen LogP contribution in [0.25, 0.3) is 0 Å². The van der Waals surface area contributed by atoms with E-state index in [1.807, 2.05) is 6.92 Å². The molecule has 0 bridgehead atoms. The summed E-state index contributed by atoms with van der Waals surface area (Å²) in [6, 6.07) is 1.13. The second-order valence-corrected chi connectivity index (χ2v) is 5.27. The van der Waals surface area contributed by atoms with E-state index in [2.05, 4.69) is 40.8 Å². The summed E-state index contributed by atoms with van der Waals surface area (Å²) < 4.78 is 0. The van der Waals surface area contributed by atoms with Gasteiger partial charge in [0.2, 0.25) is 0 Å². The van der Waals surface area contributed by atoms with Crippen molar-refractivity contribution in [2.45, 2.75) is 45.7 Å². The molecule has 0 atom stereocenters. The van der Waals surface area contributed by atoms with Crippen molar-refractivity contribution >= 4 is 24.2 Å². The molecule has 0 aliphatic carbocycles. The Morgan fingerprint density at radius 2 is 2.06 bits per heavy atom. The predicted molar refractivity (Wildman–Crippen MR) is 79.5 cm³/mol. The van der Waals surface area contributed by atoms with Crippen LogP contribution >= 0.6 is 11.6 Å². The standard InChI is InChI=1S/C13H23ClN4/c1-10(2)18-7-5-12(6-8-18)16-11(3)17-13(14)9-15-4/h9-10,12H,4-8H2,1-3H3,(H,16,17)/b13-9-. The average Bonchev–Trinajstić information content (AvgIpc) is 2.29. The highest BCUT2D eigenvalue weighted by Gasteiger charge is 2.20. The van der Waals surface area contributed by atoms with Crippen LogP contribution in [-0.2, 0) is 0 Å². The minimum Gasteiger partial charge on any atom is -0.371 e. The van der Waals surface area contributed by atoms with E-state index >= 15 is 0 Å². The van der Waals surface area contributed by atoms with Gasteiger partial charge in [0.1, 0.15) is 11.0 Å². The molecule has 1 heterocycles.